The van der Waals surface area contributed by atoms with Crippen molar-refractivity contribution in [3.63, 3.8) is 0 Å². The maximum Gasteiger partial charge on any atom is 0.274 e. The highest BCUT2D eigenvalue weighted by Crippen LogP contribution is 2.12. The third-order valence-electron chi connectivity index (χ3n) is 3.59. The summed E-state index contributed by atoms with van der Waals surface area (Å²) < 4.78 is 1.54. The van der Waals surface area contributed by atoms with Crippen LogP contribution in [-0.4, -0.2) is 63.5 Å². The van der Waals surface area contributed by atoms with Crippen LogP contribution in [0.25, 0.3) is 0 Å². The standard InChI is InChI=1S/C13H19N5O3/c1-9(19)17-5-6-18(8-10(7-17)12(14)20)13(21)11-3-4-16(2)15-11/h3-4,10H,5-8H2,1-2H3,(H2,14,20)/t10-/m1/s1. The van der Waals surface area contributed by atoms with Crippen LogP contribution in [-0.2, 0) is 16.6 Å². The fourth-order valence-electron chi connectivity index (χ4n) is 2.36. The zero-order valence-corrected chi connectivity index (χ0v) is 12.2. The van der Waals surface area contributed by atoms with E-state index < -0.39 is 11.8 Å². The molecule has 1 fully saturated rings. The van der Waals surface area contributed by atoms with Crippen molar-refractivity contribution in [2.45, 2.75) is 6.92 Å². The highest BCUT2D eigenvalue weighted by atomic mass is 16.2. The van der Waals surface area contributed by atoms with Crippen molar-refractivity contribution in [2.75, 3.05) is 26.2 Å². The summed E-state index contributed by atoms with van der Waals surface area (Å²) in [5, 5.41) is 4.07. The predicted molar refractivity (Wildman–Crippen MR) is 74.0 cm³/mol. The molecule has 114 valence electrons. The van der Waals surface area contributed by atoms with Gasteiger partial charge in [-0.1, -0.05) is 0 Å². The molecule has 2 rings (SSSR count). The number of carbonyl (C=O) groups excluding carboxylic acids is 3. The van der Waals surface area contributed by atoms with Gasteiger partial charge in [0.05, 0.1) is 5.92 Å². The molecule has 1 aromatic rings. The SMILES string of the molecule is CC(=O)N1CCN(C(=O)c2ccn(C)n2)C[C@H](C(N)=O)C1. The van der Waals surface area contributed by atoms with E-state index in [1.807, 2.05) is 0 Å². The second-order valence-corrected chi connectivity index (χ2v) is 5.19. The van der Waals surface area contributed by atoms with Crippen LogP contribution in [0.3, 0.4) is 0 Å². The summed E-state index contributed by atoms with van der Waals surface area (Å²) in [6, 6.07) is 1.62. The molecule has 0 aliphatic carbocycles. The predicted octanol–water partition coefficient (Wildman–Crippen LogP) is -1.17. The van der Waals surface area contributed by atoms with Crippen LogP contribution >= 0.6 is 0 Å². The molecule has 2 heterocycles. The van der Waals surface area contributed by atoms with Gasteiger partial charge in [-0.25, -0.2) is 0 Å². The van der Waals surface area contributed by atoms with E-state index in [-0.39, 0.29) is 24.9 Å². The molecule has 1 saturated heterocycles. The van der Waals surface area contributed by atoms with Gasteiger partial charge in [0.1, 0.15) is 5.69 Å². The molecule has 3 amide bonds. The van der Waals surface area contributed by atoms with Crippen LogP contribution in [0.5, 0.6) is 0 Å². The molecule has 1 aromatic heterocycles. The lowest BCUT2D eigenvalue weighted by Gasteiger charge is -2.21. The topological polar surface area (TPSA) is 102 Å². The fourth-order valence-corrected chi connectivity index (χ4v) is 2.36. The summed E-state index contributed by atoms with van der Waals surface area (Å²) >= 11 is 0. The molecule has 2 N–H and O–H groups in total. The lowest BCUT2D eigenvalue weighted by molar-refractivity contribution is -0.130. The van der Waals surface area contributed by atoms with Gasteiger partial charge in [0.15, 0.2) is 0 Å². The number of amides is 3. The second-order valence-electron chi connectivity index (χ2n) is 5.19. The normalized spacial score (nSPS) is 19.2. The number of carbonyl (C=O) groups is 3. The van der Waals surface area contributed by atoms with Crippen molar-refractivity contribution in [2.24, 2.45) is 18.7 Å². The van der Waals surface area contributed by atoms with Gasteiger partial charge in [-0.2, -0.15) is 5.10 Å². The van der Waals surface area contributed by atoms with Gasteiger partial charge >= 0.3 is 0 Å². The molecule has 8 heteroatoms. The molecular formula is C13H19N5O3. The van der Waals surface area contributed by atoms with Crippen LogP contribution in [0.1, 0.15) is 17.4 Å². The summed E-state index contributed by atoms with van der Waals surface area (Å²) in [7, 11) is 1.73. The number of primary amides is 1. The summed E-state index contributed by atoms with van der Waals surface area (Å²) in [5.74, 6) is -1.47. The smallest absolute Gasteiger partial charge is 0.274 e. The summed E-state index contributed by atoms with van der Waals surface area (Å²) in [6.45, 7) is 2.63. The van der Waals surface area contributed by atoms with E-state index in [9.17, 15) is 14.4 Å². The van der Waals surface area contributed by atoms with E-state index in [1.165, 1.54) is 11.8 Å². The van der Waals surface area contributed by atoms with E-state index in [2.05, 4.69) is 5.10 Å². The van der Waals surface area contributed by atoms with Crippen molar-refractivity contribution < 1.29 is 14.4 Å². The van der Waals surface area contributed by atoms with Gasteiger partial charge in [0, 0.05) is 46.3 Å². The Morgan fingerprint density at radius 2 is 1.86 bits per heavy atom. The van der Waals surface area contributed by atoms with Crippen LogP contribution < -0.4 is 5.73 Å². The Morgan fingerprint density at radius 3 is 2.38 bits per heavy atom. The number of aromatic nitrogens is 2. The number of nitrogens with two attached hydrogens (primary N) is 1. The first-order valence-electron chi connectivity index (χ1n) is 6.72. The van der Waals surface area contributed by atoms with Crippen molar-refractivity contribution in [3.8, 4) is 0 Å². The Kier molecular flexibility index (Phi) is 4.25. The minimum atomic E-state index is -0.566. The minimum Gasteiger partial charge on any atom is -0.369 e. The monoisotopic (exact) mass is 293 g/mol. The number of rotatable bonds is 2. The fraction of sp³-hybridized carbons (Fsp3) is 0.538. The molecule has 21 heavy (non-hydrogen) atoms. The Bertz CT molecular complexity index is 568. The first-order chi connectivity index (χ1) is 9.88. The molecule has 0 spiro atoms. The molecule has 1 aliphatic rings. The Morgan fingerprint density at radius 1 is 1.24 bits per heavy atom. The average molecular weight is 293 g/mol. The molecule has 0 unspecified atom stereocenters. The van der Waals surface area contributed by atoms with Gasteiger partial charge in [-0.05, 0) is 6.07 Å². The van der Waals surface area contributed by atoms with E-state index in [1.54, 1.807) is 28.9 Å². The summed E-state index contributed by atoms with van der Waals surface area (Å²) in [5.41, 5.74) is 5.69. The van der Waals surface area contributed by atoms with Gasteiger partial charge < -0.3 is 15.5 Å². The highest BCUT2D eigenvalue weighted by Gasteiger charge is 2.30. The Balaban J connectivity index is 2.18. The van der Waals surface area contributed by atoms with E-state index in [0.717, 1.165) is 0 Å². The average Bonchev–Trinajstić information content (AvgIpc) is 2.73. The van der Waals surface area contributed by atoms with E-state index in [4.69, 9.17) is 5.73 Å². The molecular weight excluding hydrogens is 274 g/mol. The van der Waals surface area contributed by atoms with Crippen molar-refractivity contribution in [3.05, 3.63) is 18.0 Å². The Labute approximate surface area is 122 Å². The molecule has 0 aromatic carbocycles. The highest BCUT2D eigenvalue weighted by molar-refractivity contribution is 5.92. The zero-order valence-electron chi connectivity index (χ0n) is 12.2. The maximum atomic E-state index is 12.4. The number of hydrogen-bond donors (Lipinski definition) is 1. The molecule has 0 bridgehead atoms. The van der Waals surface area contributed by atoms with Gasteiger partial charge in [0.2, 0.25) is 11.8 Å². The first kappa shape index (κ1) is 15.0. The number of aryl methyl sites for hydroxylation is 1. The molecule has 0 radical (unpaired) electrons. The van der Waals surface area contributed by atoms with Crippen molar-refractivity contribution in [1.82, 2.24) is 19.6 Å². The van der Waals surface area contributed by atoms with Crippen molar-refractivity contribution >= 4 is 17.7 Å². The van der Waals surface area contributed by atoms with E-state index in [0.29, 0.717) is 18.8 Å². The third kappa shape index (κ3) is 3.39. The first-order valence-corrected chi connectivity index (χ1v) is 6.72. The number of nitrogens with zero attached hydrogens (tertiary/aromatic N) is 4. The van der Waals surface area contributed by atoms with Gasteiger partial charge in [-0.3, -0.25) is 19.1 Å². The Hall–Kier alpha value is -2.38. The van der Waals surface area contributed by atoms with Crippen LogP contribution in [0.2, 0.25) is 0 Å². The quantitative estimate of drug-likeness (QED) is 0.742. The van der Waals surface area contributed by atoms with Gasteiger partial charge in [0.25, 0.3) is 5.91 Å². The molecule has 0 saturated carbocycles. The van der Waals surface area contributed by atoms with Crippen LogP contribution in [0, 0.1) is 5.92 Å². The van der Waals surface area contributed by atoms with Gasteiger partial charge in [-0.15, -0.1) is 0 Å². The zero-order chi connectivity index (χ0) is 15.6. The largest absolute Gasteiger partial charge is 0.369 e. The molecule has 1 aliphatic heterocycles. The third-order valence-corrected chi connectivity index (χ3v) is 3.59. The van der Waals surface area contributed by atoms with E-state index >= 15 is 0 Å². The lowest BCUT2D eigenvalue weighted by Crippen LogP contribution is -2.41. The number of hydrogen-bond acceptors (Lipinski definition) is 4. The maximum absolute atomic E-state index is 12.4. The van der Waals surface area contributed by atoms with Crippen molar-refractivity contribution in [1.29, 1.82) is 0 Å². The van der Waals surface area contributed by atoms with Crippen LogP contribution in [0.4, 0.5) is 0 Å². The summed E-state index contributed by atoms with van der Waals surface area (Å²) in [4.78, 5) is 38.5. The molecule has 1 atom stereocenters. The lowest BCUT2D eigenvalue weighted by atomic mass is 10.1. The minimum absolute atomic E-state index is 0.131. The molecule has 8 nitrogen and oxygen atoms in total. The second kappa shape index (κ2) is 5.94. The summed E-state index contributed by atoms with van der Waals surface area (Å²) in [6.07, 6.45) is 1.68. The van der Waals surface area contributed by atoms with Crippen LogP contribution in [0.15, 0.2) is 12.3 Å².